The van der Waals surface area contributed by atoms with Crippen LogP contribution in [0.2, 0.25) is 0 Å². The van der Waals surface area contributed by atoms with Crippen molar-refractivity contribution < 1.29 is 9.53 Å². The minimum atomic E-state index is -0.0669. The number of rotatable bonds is 5. The van der Waals surface area contributed by atoms with Gasteiger partial charge in [-0.3, -0.25) is 14.7 Å². The Morgan fingerprint density at radius 2 is 1.78 bits per heavy atom. The zero-order valence-corrected chi connectivity index (χ0v) is 15.2. The number of hydrogen-bond acceptors (Lipinski definition) is 4. The molecule has 2 aromatic carbocycles. The SMILES string of the molecule is O=C(NCC(c1ccccc1)N1CCOCC1)c1ccnc2ccccc12. The third-order valence-corrected chi connectivity index (χ3v) is 5.02. The molecule has 0 radical (unpaired) electrons. The standard InChI is InChI=1S/C22H23N3O2/c26-22(19-10-11-23-20-9-5-4-8-18(19)20)24-16-21(17-6-2-1-3-7-17)25-12-14-27-15-13-25/h1-11,21H,12-16H2,(H,24,26). The van der Waals surface area contributed by atoms with E-state index >= 15 is 0 Å². The van der Waals surface area contributed by atoms with Gasteiger partial charge in [0.1, 0.15) is 0 Å². The highest BCUT2D eigenvalue weighted by Crippen LogP contribution is 2.22. The molecule has 1 saturated heterocycles. The maximum atomic E-state index is 12.9. The third-order valence-electron chi connectivity index (χ3n) is 5.02. The molecule has 27 heavy (non-hydrogen) atoms. The number of hydrogen-bond donors (Lipinski definition) is 1. The highest BCUT2D eigenvalue weighted by Gasteiger charge is 2.23. The van der Waals surface area contributed by atoms with Crippen LogP contribution in [0.25, 0.3) is 10.9 Å². The fourth-order valence-electron chi connectivity index (χ4n) is 3.60. The van der Waals surface area contributed by atoms with Crippen molar-refractivity contribution in [3.8, 4) is 0 Å². The molecule has 5 heteroatoms. The number of aromatic nitrogens is 1. The minimum Gasteiger partial charge on any atom is -0.379 e. The number of pyridine rings is 1. The molecule has 1 atom stereocenters. The topological polar surface area (TPSA) is 54.5 Å². The molecule has 0 spiro atoms. The summed E-state index contributed by atoms with van der Waals surface area (Å²) in [6.07, 6.45) is 1.69. The van der Waals surface area contributed by atoms with Crippen molar-refractivity contribution in [2.75, 3.05) is 32.8 Å². The zero-order chi connectivity index (χ0) is 18.5. The summed E-state index contributed by atoms with van der Waals surface area (Å²) in [4.78, 5) is 19.6. The first kappa shape index (κ1) is 17.6. The van der Waals surface area contributed by atoms with Gasteiger partial charge in [0.05, 0.1) is 30.3 Å². The van der Waals surface area contributed by atoms with Crippen molar-refractivity contribution in [2.45, 2.75) is 6.04 Å². The molecule has 1 aliphatic rings. The summed E-state index contributed by atoms with van der Waals surface area (Å²) in [5.41, 5.74) is 2.70. The van der Waals surface area contributed by atoms with Gasteiger partial charge in [-0.2, -0.15) is 0 Å². The normalized spacial score (nSPS) is 16.1. The lowest BCUT2D eigenvalue weighted by atomic mass is 10.0. The van der Waals surface area contributed by atoms with Gasteiger partial charge < -0.3 is 10.1 Å². The average Bonchev–Trinajstić information content (AvgIpc) is 2.75. The van der Waals surface area contributed by atoms with Crippen molar-refractivity contribution in [3.05, 3.63) is 78.0 Å². The van der Waals surface area contributed by atoms with Crippen LogP contribution < -0.4 is 5.32 Å². The van der Waals surface area contributed by atoms with Gasteiger partial charge in [0.2, 0.25) is 0 Å². The molecule has 1 fully saturated rings. The van der Waals surface area contributed by atoms with Crippen LogP contribution in [0.15, 0.2) is 66.9 Å². The van der Waals surface area contributed by atoms with E-state index in [1.165, 1.54) is 5.56 Å². The van der Waals surface area contributed by atoms with E-state index in [4.69, 9.17) is 4.74 Å². The molecule has 5 nitrogen and oxygen atoms in total. The van der Waals surface area contributed by atoms with Crippen molar-refractivity contribution in [2.24, 2.45) is 0 Å². The smallest absolute Gasteiger partial charge is 0.252 e. The lowest BCUT2D eigenvalue weighted by Gasteiger charge is -2.35. The summed E-state index contributed by atoms with van der Waals surface area (Å²) < 4.78 is 5.49. The van der Waals surface area contributed by atoms with Crippen LogP contribution in [0, 0.1) is 0 Å². The Hall–Kier alpha value is -2.76. The molecular formula is C22H23N3O2. The molecule has 4 rings (SSSR count). The van der Waals surface area contributed by atoms with Gasteiger partial charge in [-0.15, -0.1) is 0 Å². The summed E-state index contributed by atoms with van der Waals surface area (Å²) in [5.74, 6) is -0.0669. The van der Waals surface area contributed by atoms with Gasteiger partial charge in [-0.25, -0.2) is 0 Å². The molecule has 1 unspecified atom stereocenters. The fourth-order valence-corrected chi connectivity index (χ4v) is 3.60. The number of fused-ring (bicyclic) bond motifs is 1. The van der Waals surface area contributed by atoms with E-state index in [2.05, 4.69) is 27.3 Å². The van der Waals surface area contributed by atoms with E-state index in [1.54, 1.807) is 12.3 Å². The summed E-state index contributed by atoms with van der Waals surface area (Å²) >= 11 is 0. The second-order valence-electron chi connectivity index (χ2n) is 6.66. The van der Waals surface area contributed by atoms with Crippen molar-refractivity contribution in [3.63, 3.8) is 0 Å². The lowest BCUT2D eigenvalue weighted by molar-refractivity contribution is 0.0162. The van der Waals surface area contributed by atoms with Gasteiger partial charge in [0.15, 0.2) is 0 Å². The average molecular weight is 361 g/mol. The summed E-state index contributed by atoms with van der Waals surface area (Å²) in [5, 5.41) is 4.01. The molecule has 138 valence electrons. The molecular weight excluding hydrogens is 338 g/mol. The Labute approximate surface area is 159 Å². The van der Waals surface area contributed by atoms with Crippen molar-refractivity contribution in [1.82, 2.24) is 15.2 Å². The van der Waals surface area contributed by atoms with Crippen LogP contribution >= 0.6 is 0 Å². The molecule has 1 N–H and O–H groups in total. The second-order valence-corrected chi connectivity index (χ2v) is 6.66. The van der Waals surface area contributed by atoms with Gasteiger partial charge in [-0.05, 0) is 17.7 Å². The van der Waals surface area contributed by atoms with Crippen molar-refractivity contribution in [1.29, 1.82) is 0 Å². The number of nitrogens with one attached hydrogen (secondary N) is 1. The molecule has 3 aromatic rings. The minimum absolute atomic E-state index is 0.0669. The van der Waals surface area contributed by atoms with Crippen LogP contribution in [0.3, 0.4) is 0 Å². The number of para-hydroxylation sites is 1. The van der Waals surface area contributed by atoms with E-state index in [0.29, 0.717) is 12.1 Å². The first-order chi connectivity index (χ1) is 13.3. The molecule has 1 amide bonds. The monoisotopic (exact) mass is 361 g/mol. The fraction of sp³-hybridized carbons (Fsp3) is 0.273. The number of carbonyl (C=O) groups is 1. The van der Waals surface area contributed by atoms with E-state index in [1.807, 2.05) is 42.5 Å². The Morgan fingerprint density at radius 1 is 1.04 bits per heavy atom. The van der Waals surface area contributed by atoms with E-state index < -0.39 is 0 Å². The summed E-state index contributed by atoms with van der Waals surface area (Å²) in [6, 6.07) is 20.0. The highest BCUT2D eigenvalue weighted by atomic mass is 16.5. The largest absolute Gasteiger partial charge is 0.379 e. The van der Waals surface area contributed by atoms with Crippen LogP contribution in [0.1, 0.15) is 22.0 Å². The van der Waals surface area contributed by atoms with Gasteiger partial charge in [0.25, 0.3) is 5.91 Å². The van der Waals surface area contributed by atoms with Gasteiger partial charge >= 0.3 is 0 Å². The molecule has 0 bridgehead atoms. The summed E-state index contributed by atoms with van der Waals surface area (Å²) in [7, 11) is 0. The molecule has 0 aliphatic carbocycles. The maximum Gasteiger partial charge on any atom is 0.252 e. The Bertz CT molecular complexity index is 902. The maximum absolute atomic E-state index is 12.9. The van der Waals surface area contributed by atoms with Gasteiger partial charge in [0, 0.05) is 31.2 Å². The predicted molar refractivity (Wildman–Crippen MR) is 106 cm³/mol. The predicted octanol–water partition coefficient (Wildman–Crippen LogP) is 3.04. The Kier molecular flexibility index (Phi) is 5.42. The number of carbonyl (C=O) groups excluding carboxylic acids is 1. The molecule has 1 aromatic heterocycles. The summed E-state index contributed by atoms with van der Waals surface area (Å²) in [6.45, 7) is 3.75. The molecule has 1 aliphatic heterocycles. The first-order valence-electron chi connectivity index (χ1n) is 9.31. The Morgan fingerprint density at radius 3 is 2.59 bits per heavy atom. The highest BCUT2D eigenvalue weighted by molar-refractivity contribution is 6.05. The number of benzene rings is 2. The van der Waals surface area contributed by atoms with Crippen molar-refractivity contribution >= 4 is 16.8 Å². The Balaban J connectivity index is 1.54. The number of ether oxygens (including phenoxy) is 1. The quantitative estimate of drug-likeness (QED) is 0.759. The van der Waals surface area contributed by atoms with Crippen LogP contribution in [0.4, 0.5) is 0 Å². The van der Waals surface area contributed by atoms with Crippen LogP contribution in [-0.2, 0) is 4.74 Å². The van der Waals surface area contributed by atoms with Crippen LogP contribution in [0.5, 0.6) is 0 Å². The van der Waals surface area contributed by atoms with E-state index in [0.717, 1.165) is 37.2 Å². The lowest BCUT2D eigenvalue weighted by Crippen LogP contribution is -2.43. The molecule has 2 heterocycles. The number of nitrogens with zero attached hydrogens (tertiary/aromatic N) is 2. The van der Waals surface area contributed by atoms with E-state index in [9.17, 15) is 4.79 Å². The van der Waals surface area contributed by atoms with Gasteiger partial charge in [-0.1, -0.05) is 48.5 Å². The zero-order valence-electron chi connectivity index (χ0n) is 15.2. The number of morpholine rings is 1. The second kappa shape index (κ2) is 8.29. The van der Waals surface area contributed by atoms with Crippen LogP contribution in [-0.4, -0.2) is 48.6 Å². The molecule has 0 saturated carbocycles. The number of amides is 1. The third kappa shape index (κ3) is 3.99. The van der Waals surface area contributed by atoms with E-state index in [-0.39, 0.29) is 11.9 Å². The first-order valence-corrected chi connectivity index (χ1v) is 9.31.